The van der Waals surface area contributed by atoms with Crippen LogP contribution in [0.15, 0.2) is 52.6 Å². The zero-order valence-corrected chi connectivity index (χ0v) is 19.3. The maximum absolute atomic E-state index is 12.4. The number of benzene rings is 1. The zero-order chi connectivity index (χ0) is 23.2. The first-order valence-corrected chi connectivity index (χ1v) is 11.8. The van der Waals surface area contributed by atoms with Crippen LogP contribution < -0.4 is 10.9 Å². The van der Waals surface area contributed by atoms with E-state index in [1.165, 1.54) is 33.3 Å². The molecule has 1 N–H and O–H groups in total. The lowest BCUT2D eigenvalue weighted by atomic mass is 10.2. The van der Waals surface area contributed by atoms with E-state index in [1.54, 1.807) is 36.4 Å². The number of amides is 1. The summed E-state index contributed by atoms with van der Waals surface area (Å²) in [6.45, 7) is 2.90. The highest BCUT2D eigenvalue weighted by atomic mass is 32.1. The average molecular weight is 485 g/mol. The Labute approximate surface area is 196 Å². The summed E-state index contributed by atoms with van der Waals surface area (Å²) >= 11 is 2.64. The summed E-state index contributed by atoms with van der Waals surface area (Å²) in [5.74, 6) is -0.771. The number of hydrogen-bond donors (Lipinski definition) is 1. The monoisotopic (exact) mass is 484 g/mol. The third kappa shape index (κ3) is 5.69. The molecule has 0 radical (unpaired) electrons. The third-order valence-electron chi connectivity index (χ3n) is 4.48. The fraction of sp³-hybridized carbons (Fsp3) is 0.227. The number of anilines is 1. The molecule has 0 saturated heterocycles. The molecule has 0 atom stereocenters. The normalized spacial score (nSPS) is 10.9. The van der Waals surface area contributed by atoms with Crippen LogP contribution >= 0.6 is 22.7 Å². The Bertz CT molecular complexity index is 1310. The van der Waals surface area contributed by atoms with Gasteiger partial charge in [-0.1, -0.05) is 17.4 Å². The molecule has 1 amide bonds. The summed E-state index contributed by atoms with van der Waals surface area (Å²) < 4.78 is 11.9. The number of aromatic nitrogens is 3. The van der Waals surface area contributed by atoms with E-state index in [-0.39, 0.29) is 18.1 Å². The van der Waals surface area contributed by atoms with E-state index in [1.807, 2.05) is 12.3 Å². The largest absolute Gasteiger partial charge is 0.456 e. The van der Waals surface area contributed by atoms with Gasteiger partial charge in [0.25, 0.3) is 11.5 Å². The molecule has 3 heterocycles. The van der Waals surface area contributed by atoms with Crippen LogP contribution in [0.2, 0.25) is 0 Å². The van der Waals surface area contributed by atoms with Gasteiger partial charge in [-0.3, -0.25) is 9.59 Å². The molecule has 1 aromatic carbocycles. The number of nitrogens with one attached hydrogen (secondary N) is 1. The lowest BCUT2D eigenvalue weighted by Gasteiger charge is -2.06. The summed E-state index contributed by atoms with van der Waals surface area (Å²) in [6.07, 6.45) is 0.593. The highest BCUT2D eigenvalue weighted by Crippen LogP contribution is 2.16. The van der Waals surface area contributed by atoms with Crippen LogP contribution in [-0.2, 0) is 22.5 Å². The Balaban J connectivity index is 1.36. The van der Waals surface area contributed by atoms with Crippen molar-refractivity contribution in [2.24, 2.45) is 0 Å². The number of ether oxygens (including phenoxy) is 2. The van der Waals surface area contributed by atoms with Gasteiger partial charge in [-0.05, 0) is 42.6 Å². The molecular formula is C22H20N4O5S2. The number of thiophene rings is 1. The van der Waals surface area contributed by atoms with E-state index >= 15 is 0 Å². The Kier molecular flexibility index (Phi) is 7.23. The van der Waals surface area contributed by atoms with Gasteiger partial charge in [-0.2, -0.15) is 9.61 Å². The molecule has 4 aromatic rings. The van der Waals surface area contributed by atoms with Crippen LogP contribution in [0.3, 0.4) is 0 Å². The van der Waals surface area contributed by atoms with Gasteiger partial charge in [-0.15, -0.1) is 11.3 Å². The summed E-state index contributed by atoms with van der Waals surface area (Å²) in [4.78, 5) is 42.2. The Morgan fingerprint density at radius 2 is 2.00 bits per heavy atom. The smallest absolute Gasteiger partial charge is 0.338 e. The maximum atomic E-state index is 12.4. The number of fused-ring (bicyclic) bond motifs is 1. The highest BCUT2D eigenvalue weighted by molar-refractivity contribution is 7.16. The molecule has 170 valence electrons. The lowest BCUT2D eigenvalue weighted by molar-refractivity contribution is 0.0467. The number of nitrogens with zero attached hydrogens (tertiary/aromatic N) is 3. The summed E-state index contributed by atoms with van der Waals surface area (Å²) in [5, 5.41) is 9.59. The van der Waals surface area contributed by atoms with Gasteiger partial charge in [0.15, 0.2) is 0 Å². The minimum atomic E-state index is -0.560. The van der Waals surface area contributed by atoms with E-state index in [0.717, 1.165) is 5.01 Å². The molecule has 0 aliphatic heterocycles. The minimum Gasteiger partial charge on any atom is -0.456 e. The van der Waals surface area contributed by atoms with Crippen LogP contribution in [0.25, 0.3) is 4.96 Å². The first-order chi connectivity index (χ1) is 16.0. The molecule has 0 unspecified atom stereocenters. The SMILES string of the molecule is CCOCCc1nn2c(=O)cc(COC(=O)c3ccc(NC(=O)c4cccs4)cc3)nc2s1. The van der Waals surface area contributed by atoms with Crippen molar-refractivity contribution in [1.82, 2.24) is 14.6 Å². The molecule has 4 rings (SSSR count). The van der Waals surface area contributed by atoms with Crippen LogP contribution in [0.1, 0.15) is 37.7 Å². The standard InChI is InChI=1S/C22H20N4O5S2/c1-2-30-10-9-18-25-26-19(27)12-16(24-22(26)33-18)13-31-21(29)14-5-7-15(8-6-14)23-20(28)17-4-3-11-32-17/h3-8,11-12H,2,9-10,13H2,1H3,(H,23,28). The van der Waals surface area contributed by atoms with Crippen molar-refractivity contribution >= 4 is 45.2 Å². The Morgan fingerprint density at radius 1 is 1.18 bits per heavy atom. The van der Waals surface area contributed by atoms with Crippen molar-refractivity contribution < 1.29 is 19.1 Å². The van der Waals surface area contributed by atoms with Gasteiger partial charge in [-0.25, -0.2) is 9.78 Å². The first-order valence-electron chi connectivity index (χ1n) is 10.1. The molecule has 0 spiro atoms. The van der Waals surface area contributed by atoms with Gasteiger partial charge in [0.05, 0.1) is 22.7 Å². The fourth-order valence-electron chi connectivity index (χ4n) is 2.89. The third-order valence-corrected chi connectivity index (χ3v) is 6.32. The van der Waals surface area contributed by atoms with Crippen molar-refractivity contribution in [3.05, 3.63) is 79.3 Å². The second kappa shape index (κ2) is 10.5. The van der Waals surface area contributed by atoms with E-state index < -0.39 is 5.97 Å². The first kappa shape index (κ1) is 22.8. The summed E-state index contributed by atoms with van der Waals surface area (Å²) in [5.41, 5.74) is 0.886. The number of hydrogen-bond acceptors (Lipinski definition) is 9. The molecular weight excluding hydrogens is 464 g/mol. The van der Waals surface area contributed by atoms with E-state index in [2.05, 4.69) is 15.4 Å². The zero-order valence-electron chi connectivity index (χ0n) is 17.6. The second-order valence-corrected chi connectivity index (χ2v) is 8.80. The lowest BCUT2D eigenvalue weighted by Crippen LogP contribution is -2.17. The van der Waals surface area contributed by atoms with Crippen molar-refractivity contribution in [3.8, 4) is 0 Å². The van der Waals surface area contributed by atoms with Crippen molar-refractivity contribution in [1.29, 1.82) is 0 Å². The molecule has 3 aromatic heterocycles. The topological polar surface area (TPSA) is 112 Å². The van der Waals surface area contributed by atoms with Crippen LogP contribution in [-0.4, -0.2) is 39.7 Å². The number of rotatable bonds is 9. The van der Waals surface area contributed by atoms with Gasteiger partial charge >= 0.3 is 5.97 Å². The molecule has 33 heavy (non-hydrogen) atoms. The summed E-state index contributed by atoms with van der Waals surface area (Å²) in [7, 11) is 0. The van der Waals surface area contributed by atoms with Crippen LogP contribution in [0, 0.1) is 0 Å². The van der Waals surface area contributed by atoms with Gasteiger partial charge < -0.3 is 14.8 Å². The van der Waals surface area contributed by atoms with E-state index in [9.17, 15) is 14.4 Å². The van der Waals surface area contributed by atoms with E-state index in [4.69, 9.17) is 9.47 Å². The molecule has 0 saturated carbocycles. The highest BCUT2D eigenvalue weighted by Gasteiger charge is 2.13. The molecule has 0 bridgehead atoms. The van der Waals surface area contributed by atoms with Crippen LogP contribution in [0.5, 0.6) is 0 Å². The fourth-order valence-corrected chi connectivity index (χ4v) is 4.41. The van der Waals surface area contributed by atoms with Crippen LogP contribution in [0.4, 0.5) is 5.69 Å². The van der Waals surface area contributed by atoms with Crippen molar-refractivity contribution in [2.45, 2.75) is 20.0 Å². The average Bonchev–Trinajstić information content (AvgIpc) is 3.49. The minimum absolute atomic E-state index is 0.145. The second-order valence-electron chi connectivity index (χ2n) is 6.81. The van der Waals surface area contributed by atoms with E-state index in [0.29, 0.717) is 46.4 Å². The Hall–Kier alpha value is -3.41. The Morgan fingerprint density at radius 3 is 2.73 bits per heavy atom. The van der Waals surface area contributed by atoms with Crippen molar-refractivity contribution in [3.63, 3.8) is 0 Å². The predicted octanol–water partition coefficient (Wildman–Crippen LogP) is 3.40. The molecule has 0 aliphatic rings. The molecule has 9 nitrogen and oxygen atoms in total. The maximum Gasteiger partial charge on any atom is 0.338 e. The van der Waals surface area contributed by atoms with Crippen molar-refractivity contribution in [2.75, 3.05) is 18.5 Å². The van der Waals surface area contributed by atoms with Gasteiger partial charge in [0.1, 0.15) is 11.6 Å². The quantitative estimate of drug-likeness (QED) is 0.286. The molecule has 0 aliphatic carbocycles. The number of carbonyl (C=O) groups excluding carboxylic acids is 2. The number of esters is 1. The van der Waals surface area contributed by atoms with Gasteiger partial charge in [0.2, 0.25) is 4.96 Å². The summed E-state index contributed by atoms with van der Waals surface area (Å²) in [6, 6.07) is 11.2. The molecule has 11 heteroatoms. The number of carbonyl (C=O) groups is 2. The molecule has 0 fully saturated rings. The predicted molar refractivity (Wildman–Crippen MR) is 125 cm³/mol. The van der Waals surface area contributed by atoms with Gasteiger partial charge in [0, 0.05) is 24.8 Å².